The highest BCUT2D eigenvalue weighted by molar-refractivity contribution is 7.90. The molecule has 0 radical (unpaired) electrons. The average molecular weight is 304 g/mol. The van der Waals surface area contributed by atoms with Crippen LogP contribution < -0.4 is 11.1 Å². The number of hydrogen-bond acceptors (Lipinski definition) is 4. The molecule has 2 aromatic rings. The minimum absolute atomic E-state index is 0.184. The lowest BCUT2D eigenvalue weighted by molar-refractivity contribution is 0.102. The number of nitrogens with one attached hydrogen (secondary N) is 1. The van der Waals surface area contributed by atoms with Gasteiger partial charge in [-0.3, -0.25) is 4.79 Å². The van der Waals surface area contributed by atoms with Crippen LogP contribution in [-0.4, -0.2) is 20.6 Å². The fourth-order valence-corrected chi connectivity index (χ4v) is 2.46. The maximum atomic E-state index is 12.1. The SMILES string of the molecule is CS(=O)(=O)c1ccc(C(=O)Nc2cccc(CN)c2)cc1. The Morgan fingerprint density at radius 3 is 2.38 bits per heavy atom. The second-order valence-electron chi connectivity index (χ2n) is 4.66. The van der Waals surface area contributed by atoms with Crippen molar-refractivity contribution in [2.45, 2.75) is 11.4 Å². The molecule has 0 unspecified atom stereocenters. The molecule has 5 nitrogen and oxygen atoms in total. The van der Waals surface area contributed by atoms with Crippen molar-refractivity contribution in [3.63, 3.8) is 0 Å². The Morgan fingerprint density at radius 2 is 1.81 bits per heavy atom. The summed E-state index contributed by atoms with van der Waals surface area (Å²) in [7, 11) is -3.26. The highest BCUT2D eigenvalue weighted by atomic mass is 32.2. The molecule has 110 valence electrons. The summed E-state index contributed by atoms with van der Waals surface area (Å²) < 4.78 is 22.7. The fourth-order valence-electron chi connectivity index (χ4n) is 1.83. The normalized spacial score (nSPS) is 11.1. The van der Waals surface area contributed by atoms with Crippen LogP contribution in [0.25, 0.3) is 0 Å². The van der Waals surface area contributed by atoms with E-state index in [0.29, 0.717) is 17.8 Å². The predicted octanol–water partition coefficient (Wildman–Crippen LogP) is 1.80. The van der Waals surface area contributed by atoms with Gasteiger partial charge in [0.05, 0.1) is 4.90 Å². The summed E-state index contributed by atoms with van der Waals surface area (Å²) in [5, 5.41) is 2.75. The Kier molecular flexibility index (Phi) is 4.40. The molecule has 0 bridgehead atoms. The maximum Gasteiger partial charge on any atom is 0.255 e. The minimum Gasteiger partial charge on any atom is -0.326 e. The van der Waals surface area contributed by atoms with Crippen LogP contribution in [0.15, 0.2) is 53.4 Å². The highest BCUT2D eigenvalue weighted by Crippen LogP contribution is 2.14. The van der Waals surface area contributed by atoms with Crippen LogP contribution >= 0.6 is 0 Å². The summed E-state index contributed by atoms with van der Waals surface area (Å²) in [4.78, 5) is 12.3. The standard InChI is InChI=1S/C15H16N2O3S/c1-21(19,20)14-7-5-12(6-8-14)15(18)17-13-4-2-3-11(9-13)10-16/h2-9H,10,16H2,1H3,(H,17,18). The molecule has 21 heavy (non-hydrogen) atoms. The number of nitrogens with two attached hydrogens (primary N) is 1. The van der Waals surface area contributed by atoms with Gasteiger partial charge in [-0.05, 0) is 42.0 Å². The van der Waals surface area contributed by atoms with Gasteiger partial charge >= 0.3 is 0 Å². The topological polar surface area (TPSA) is 89.3 Å². The molecule has 1 amide bonds. The van der Waals surface area contributed by atoms with Crippen molar-refractivity contribution in [3.8, 4) is 0 Å². The number of rotatable bonds is 4. The van der Waals surface area contributed by atoms with Crippen molar-refractivity contribution < 1.29 is 13.2 Å². The van der Waals surface area contributed by atoms with Crippen molar-refractivity contribution in [1.29, 1.82) is 0 Å². The van der Waals surface area contributed by atoms with Gasteiger partial charge in [-0.2, -0.15) is 0 Å². The van der Waals surface area contributed by atoms with Gasteiger partial charge < -0.3 is 11.1 Å². The van der Waals surface area contributed by atoms with E-state index in [1.54, 1.807) is 12.1 Å². The molecule has 0 aliphatic heterocycles. The lowest BCUT2D eigenvalue weighted by Crippen LogP contribution is -2.12. The van der Waals surface area contributed by atoms with Crippen LogP contribution in [-0.2, 0) is 16.4 Å². The van der Waals surface area contributed by atoms with Gasteiger partial charge in [0.2, 0.25) is 0 Å². The van der Waals surface area contributed by atoms with Crippen LogP contribution in [0.5, 0.6) is 0 Å². The number of sulfone groups is 1. The summed E-state index contributed by atoms with van der Waals surface area (Å²) in [5.41, 5.74) is 7.50. The first-order valence-corrected chi connectivity index (χ1v) is 8.20. The van der Waals surface area contributed by atoms with Gasteiger partial charge in [0, 0.05) is 24.1 Å². The van der Waals surface area contributed by atoms with E-state index in [1.807, 2.05) is 12.1 Å². The molecular weight excluding hydrogens is 288 g/mol. The third-order valence-electron chi connectivity index (χ3n) is 2.97. The first kappa shape index (κ1) is 15.2. The van der Waals surface area contributed by atoms with Crippen molar-refractivity contribution in [3.05, 3.63) is 59.7 Å². The van der Waals surface area contributed by atoms with E-state index in [-0.39, 0.29) is 10.8 Å². The zero-order chi connectivity index (χ0) is 15.5. The largest absolute Gasteiger partial charge is 0.326 e. The molecule has 0 aliphatic rings. The van der Waals surface area contributed by atoms with E-state index >= 15 is 0 Å². The Labute approximate surface area is 123 Å². The third kappa shape index (κ3) is 3.90. The molecule has 0 aromatic heterocycles. The first-order valence-electron chi connectivity index (χ1n) is 6.30. The van der Waals surface area contributed by atoms with Crippen LogP contribution in [0, 0.1) is 0 Å². The summed E-state index contributed by atoms with van der Waals surface area (Å²) in [6, 6.07) is 13.0. The van der Waals surface area contributed by atoms with Crippen LogP contribution in [0.2, 0.25) is 0 Å². The molecule has 2 aromatic carbocycles. The van der Waals surface area contributed by atoms with Gasteiger partial charge in [-0.15, -0.1) is 0 Å². The van der Waals surface area contributed by atoms with E-state index in [9.17, 15) is 13.2 Å². The van der Waals surface area contributed by atoms with Crippen molar-refractivity contribution in [2.24, 2.45) is 5.73 Å². The molecule has 0 heterocycles. The van der Waals surface area contributed by atoms with Crippen molar-refractivity contribution in [1.82, 2.24) is 0 Å². The molecule has 0 atom stereocenters. The Hall–Kier alpha value is -2.18. The van der Waals surface area contributed by atoms with Crippen molar-refractivity contribution in [2.75, 3.05) is 11.6 Å². The first-order chi connectivity index (χ1) is 9.90. The average Bonchev–Trinajstić information content (AvgIpc) is 2.46. The smallest absolute Gasteiger partial charge is 0.255 e. The van der Waals surface area contributed by atoms with Gasteiger partial charge in [0.25, 0.3) is 5.91 Å². The number of anilines is 1. The summed E-state index contributed by atoms with van der Waals surface area (Å²) >= 11 is 0. The molecule has 3 N–H and O–H groups in total. The van der Waals surface area contributed by atoms with Crippen LogP contribution in [0.4, 0.5) is 5.69 Å². The lowest BCUT2D eigenvalue weighted by Gasteiger charge is -2.07. The summed E-state index contributed by atoms with van der Waals surface area (Å²) in [6.07, 6.45) is 1.13. The van der Waals surface area contributed by atoms with E-state index < -0.39 is 9.84 Å². The molecule has 0 aliphatic carbocycles. The van der Waals surface area contributed by atoms with Gasteiger partial charge in [0.1, 0.15) is 0 Å². The molecule has 2 rings (SSSR count). The molecule has 6 heteroatoms. The predicted molar refractivity (Wildman–Crippen MR) is 81.8 cm³/mol. The molecule has 0 fully saturated rings. The van der Waals surface area contributed by atoms with Gasteiger partial charge in [-0.1, -0.05) is 12.1 Å². The van der Waals surface area contributed by atoms with Gasteiger partial charge in [-0.25, -0.2) is 8.42 Å². The number of hydrogen-bond donors (Lipinski definition) is 2. The molecule has 0 saturated carbocycles. The second kappa shape index (κ2) is 6.07. The van der Waals surface area contributed by atoms with Crippen LogP contribution in [0.1, 0.15) is 15.9 Å². The van der Waals surface area contributed by atoms with E-state index in [1.165, 1.54) is 24.3 Å². The quantitative estimate of drug-likeness (QED) is 0.901. The Morgan fingerprint density at radius 1 is 1.14 bits per heavy atom. The minimum atomic E-state index is -3.26. The lowest BCUT2D eigenvalue weighted by atomic mass is 10.2. The molecule has 0 spiro atoms. The van der Waals surface area contributed by atoms with Crippen molar-refractivity contribution >= 4 is 21.4 Å². The third-order valence-corrected chi connectivity index (χ3v) is 4.09. The fraction of sp³-hybridized carbons (Fsp3) is 0.133. The van der Waals surface area contributed by atoms with Crippen LogP contribution in [0.3, 0.4) is 0 Å². The summed E-state index contributed by atoms with van der Waals surface area (Å²) in [5.74, 6) is -0.302. The number of benzene rings is 2. The zero-order valence-electron chi connectivity index (χ0n) is 11.5. The Balaban J connectivity index is 2.16. The van der Waals surface area contributed by atoms with E-state index in [2.05, 4.69) is 5.32 Å². The summed E-state index contributed by atoms with van der Waals surface area (Å²) in [6.45, 7) is 0.396. The van der Waals surface area contributed by atoms with Gasteiger partial charge in [0.15, 0.2) is 9.84 Å². The van der Waals surface area contributed by atoms with E-state index in [0.717, 1.165) is 11.8 Å². The Bertz CT molecular complexity index is 753. The number of carbonyl (C=O) groups excluding carboxylic acids is 1. The number of amides is 1. The second-order valence-corrected chi connectivity index (χ2v) is 6.67. The number of carbonyl (C=O) groups is 1. The highest BCUT2D eigenvalue weighted by Gasteiger charge is 2.10. The zero-order valence-corrected chi connectivity index (χ0v) is 12.4. The monoisotopic (exact) mass is 304 g/mol. The molecular formula is C15H16N2O3S. The maximum absolute atomic E-state index is 12.1. The molecule has 0 saturated heterocycles. The van der Waals surface area contributed by atoms with E-state index in [4.69, 9.17) is 5.73 Å².